The molecule has 0 aromatic heterocycles. The Morgan fingerprint density at radius 1 is 1.38 bits per heavy atom. The van der Waals surface area contributed by atoms with E-state index in [0.717, 1.165) is 5.56 Å². The number of benzene rings is 1. The highest BCUT2D eigenvalue weighted by molar-refractivity contribution is 5.92. The third-order valence-corrected chi connectivity index (χ3v) is 3.07. The predicted octanol–water partition coefficient (Wildman–Crippen LogP) is 2.14. The first-order chi connectivity index (χ1) is 9.97. The number of carbonyl (C=O) groups excluding carboxylic acids is 1. The summed E-state index contributed by atoms with van der Waals surface area (Å²) in [6.45, 7) is 4.02. The molecule has 21 heavy (non-hydrogen) atoms. The summed E-state index contributed by atoms with van der Waals surface area (Å²) in [5, 5.41) is 17.6. The molecular weight excluding hydrogens is 268 g/mol. The largest absolute Gasteiger partial charge is 0.481 e. The Kier molecular flexibility index (Phi) is 6.15. The van der Waals surface area contributed by atoms with Crippen LogP contribution in [0.25, 0.3) is 6.08 Å². The minimum Gasteiger partial charge on any atom is -0.481 e. The van der Waals surface area contributed by atoms with Gasteiger partial charge in [0.25, 0.3) is 0 Å². The van der Waals surface area contributed by atoms with Crippen molar-refractivity contribution < 1.29 is 14.7 Å². The number of nitrogens with zero attached hydrogens (tertiary/aromatic N) is 2. The van der Waals surface area contributed by atoms with Crippen molar-refractivity contribution in [2.45, 2.75) is 13.8 Å². The number of nitriles is 1. The summed E-state index contributed by atoms with van der Waals surface area (Å²) < 4.78 is 0. The molecule has 1 rings (SSSR count). The van der Waals surface area contributed by atoms with Crippen molar-refractivity contribution in [1.82, 2.24) is 4.90 Å². The maximum atomic E-state index is 12.0. The summed E-state index contributed by atoms with van der Waals surface area (Å²) in [6.07, 6.45) is 3.07. The van der Waals surface area contributed by atoms with Crippen LogP contribution in [0.1, 0.15) is 25.0 Å². The summed E-state index contributed by atoms with van der Waals surface area (Å²) in [7, 11) is 0. The molecule has 0 aliphatic rings. The van der Waals surface area contributed by atoms with Crippen molar-refractivity contribution in [3.63, 3.8) is 0 Å². The summed E-state index contributed by atoms with van der Waals surface area (Å²) >= 11 is 0. The Bertz CT molecular complexity index is 570. The molecule has 0 saturated heterocycles. The SMILES string of the molecule is CCN(CC(C)C(=O)O)C(=O)C=Cc1ccc(C#N)cc1. The van der Waals surface area contributed by atoms with Gasteiger partial charge in [-0.05, 0) is 30.7 Å². The molecule has 1 N–H and O–H groups in total. The van der Waals surface area contributed by atoms with Gasteiger partial charge < -0.3 is 10.0 Å². The molecule has 5 nitrogen and oxygen atoms in total. The molecule has 0 aliphatic carbocycles. The molecule has 1 unspecified atom stereocenters. The summed E-state index contributed by atoms with van der Waals surface area (Å²) in [5.74, 6) is -1.75. The fourth-order valence-electron chi connectivity index (χ4n) is 1.73. The Labute approximate surface area is 124 Å². The van der Waals surface area contributed by atoms with Gasteiger partial charge in [0.15, 0.2) is 0 Å². The van der Waals surface area contributed by atoms with Crippen LogP contribution in [0.5, 0.6) is 0 Å². The van der Waals surface area contributed by atoms with Gasteiger partial charge >= 0.3 is 5.97 Å². The number of carboxylic acid groups (broad SMARTS) is 1. The van der Waals surface area contributed by atoms with Gasteiger partial charge in [-0.15, -0.1) is 0 Å². The van der Waals surface area contributed by atoms with Crippen molar-refractivity contribution in [2.75, 3.05) is 13.1 Å². The van der Waals surface area contributed by atoms with Crippen LogP contribution < -0.4 is 0 Å². The van der Waals surface area contributed by atoms with Crippen LogP contribution in [0.2, 0.25) is 0 Å². The number of carbonyl (C=O) groups is 2. The van der Waals surface area contributed by atoms with E-state index in [0.29, 0.717) is 12.1 Å². The van der Waals surface area contributed by atoms with Crippen LogP contribution in [0.4, 0.5) is 0 Å². The van der Waals surface area contributed by atoms with Gasteiger partial charge in [0.05, 0.1) is 17.6 Å². The normalized spacial score (nSPS) is 11.9. The van der Waals surface area contributed by atoms with Gasteiger partial charge in [-0.3, -0.25) is 9.59 Å². The van der Waals surface area contributed by atoms with Gasteiger partial charge in [-0.2, -0.15) is 5.26 Å². The van der Waals surface area contributed by atoms with Crippen molar-refractivity contribution in [2.24, 2.45) is 5.92 Å². The lowest BCUT2D eigenvalue weighted by Gasteiger charge is -2.21. The molecule has 0 bridgehead atoms. The zero-order valence-corrected chi connectivity index (χ0v) is 12.1. The van der Waals surface area contributed by atoms with Gasteiger partial charge in [-0.1, -0.05) is 19.1 Å². The number of likely N-dealkylation sites (N-methyl/N-ethyl adjacent to an activating group) is 1. The summed E-state index contributed by atoms with van der Waals surface area (Å²) in [5.41, 5.74) is 1.37. The standard InChI is InChI=1S/C16H18N2O3/c1-3-18(11-12(2)16(20)21)15(19)9-8-13-4-6-14(10-17)7-5-13/h4-9,12H,3,11H2,1-2H3,(H,20,21). The summed E-state index contributed by atoms with van der Waals surface area (Å²) in [6, 6.07) is 8.87. The van der Waals surface area contributed by atoms with E-state index in [9.17, 15) is 9.59 Å². The molecule has 0 saturated carbocycles. The second kappa shape index (κ2) is 7.85. The first-order valence-corrected chi connectivity index (χ1v) is 6.67. The molecule has 0 radical (unpaired) electrons. The van der Waals surface area contributed by atoms with Gasteiger partial charge in [-0.25, -0.2) is 0 Å². The average Bonchev–Trinajstić information content (AvgIpc) is 2.50. The minimum atomic E-state index is -0.919. The molecule has 1 aromatic carbocycles. The fourth-order valence-corrected chi connectivity index (χ4v) is 1.73. The van der Waals surface area contributed by atoms with E-state index in [1.165, 1.54) is 11.0 Å². The van der Waals surface area contributed by atoms with Crippen molar-refractivity contribution in [1.29, 1.82) is 5.26 Å². The van der Waals surface area contributed by atoms with E-state index in [4.69, 9.17) is 10.4 Å². The Hall–Kier alpha value is -2.61. The monoisotopic (exact) mass is 286 g/mol. The molecule has 0 spiro atoms. The average molecular weight is 286 g/mol. The van der Waals surface area contributed by atoms with E-state index < -0.39 is 11.9 Å². The maximum absolute atomic E-state index is 12.0. The third kappa shape index (κ3) is 5.11. The molecule has 1 atom stereocenters. The van der Waals surface area contributed by atoms with E-state index in [1.807, 2.05) is 13.0 Å². The third-order valence-electron chi connectivity index (χ3n) is 3.07. The highest BCUT2D eigenvalue weighted by atomic mass is 16.4. The molecular formula is C16H18N2O3. The molecule has 0 aliphatic heterocycles. The smallest absolute Gasteiger partial charge is 0.308 e. The van der Waals surface area contributed by atoms with Gasteiger partial charge in [0.1, 0.15) is 0 Å². The zero-order valence-electron chi connectivity index (χ0n) is 12.1. The van der Waals surface area contributed by atoms with Crippen LogP contribution in [0.15, 0.2) is 30.3 Å². The van der Waals surface area contributed by atoms with Gasteiger partial charge in [0.2, 0.25) is 5.91 Å². The van der Waals surface area contributed by atoms with E-state index in [-0.39, 0.29) is 12.5 Å². The topological polar surface area (TPSA) is 81.4 Å². The lowest BCUT2D eigenvalue weighted by molar-refractivity contribution is -0.142. The van der Waals surface area contributed by atoms with Crippen LogP contribution in [0, 0.1) is 17.2 Å². The molecule has 5 heteroatoms. The van der Waals surface area contributed by atoms with Crippen molar-refractivity contribution >= 4 is 18.0 Å². The quantitative estimate of drug-likeness (QED) is 0.812. The van der Waals surface area contributed by atoms with Crippen molar-refractivity contribution in [3.05, 3.63) is 41.5 Å². The molecule has 110 valence electrons. The lowest BCUT2D eigenvalue weighted by Crippen LogP contribution is -2.35. The zero-order chi connectivity index (χ0) is 15.8. The van der Waals surface area contributed by atoms with Crippen LogP contribution in [-0.2, 0) is 9.59 Å². The van der Waals surface area contributed by atoms with Gasteiger partial charge in [0, 0.05) is 19.2 Å². The maximum Gasteiger partial charge on any atom is 0.308 e. The van der Waals surface area contributed by atoms with Crippen LogP contribution in [0.3, 0.4) is 0 Å². The second-order valence-corrected chi connectivity index (χ2v) is 4.68. The Balaban J connectivity index is 2.70. The molecule has 1 aromatic rings. The van der Waals surface area contributed by atoms with E-state index >= 15 is 0 Å². The number of aliphatic carboxylic acids is 1. The highest BCUT2D eigenvalue weighted by Crippen LogP contribution is 2.07. The highest BCUT2D eigenvalue weighted by Gasteiger charge is 2.17. The lowest BCUT2D eigenvalue weighted by atomic mass is 10.1. The fraction of sp³-hybridized carbons (Fsp3) is 0.312. The second-order valence-electron chi connectivity index (χ2n) is 4.68. The van der Waals surface area contributed by atoms with E-state index in [1.54, 1.807) is 37.3 Å². The van der Waals surface area contributed by atoms with Crippen LogP contribution in [-0.4, -0.2) is 35.0 Å². The Morgan fingerprint density at radius 3 is 2.48 bits per heavy atom. The van der Waals surface area contributed by atoms with Crippen LogP contribution >= 0.6 is 0 Å². The number of carboxylic acids is 1. The first-order valence-electron chi connectivity index (χ1n) is 6.67. The minimum absolute atomic E-state index is 0.183. The number of hydrogen-bond acceptors (Lipinski definition) is 3. The number of rotatable bonds is 6. The van der Waals surface area contributed by atoms with E-state index in [2.05, 4.69) is 0 Å². The molecule has 0 fully saturated rings. The number of amides is 1. The van der Waals surface area contributed by atoms with Crippen molar-refractivity contribution in [3.8, 4) is 6.07 Å². The number of hydrogen-bond donors (Lipinski definition) is 1. The molecule has 1 amide bonds. The Morgan fingerprint density at radius 2 is 2.00 bits per heavy atom. The predicted molar refractivity (Wildman–Crippen MR) is 79.2 cm³/mol. The summed E-state index contributed by atoms with van der Waals surface area (Å²) in [4.78, 5) is 24.3. The molecule has 0 heterocycles. The first kappa shape index (κ1) is 16.4.